The third-order valence-electron chi connectivity index (χ3n) is 3.42. The molecule has 2 aromatic rings. The number of hydrogen-bond acceptors (Lipinski definition) is 2. The van der Waals surface area contributed by atoms with Crippen LogP contribution in [0.4, 0.5) is 0 Å². The highest BCUT2D eigenvalue weighted by atomic mass is 16.2. The highest BCUT2D eigenvalue weighted by Crippen LogP contribution is 2.03. The molecule has 1 aromatic heterocycles. The minimum Gasteiger partial charge on any atom is -0.350 e. The fourth-order valence-electron chi connectivity index (χ4n) is 2.10. The molecule has 5 nitrogen and oxygen atoms in total. The number of amides is 2. The summed E-state index contributed by atoms with van der Waals surface area (Å²) in [5.41, 5.74) is 2.06. The van der Waals surface area contributed by atoms with Gasteiger partial charge in [-0.05, 0) is 12.5 Å². The minimum absolute atomic E-state index is 0.00562. The van der Waals surface area contributed by atoms with Gasteiger partial charge in [0, 0.05) is 37.2 Å². The molecule has 0 saturated heterocycles. The van der Waals surface area contributed by atoms with E-state index in [1.54, 1.807) is 12.2 Å². The van der Waals surface area contributed by atoms with Crippen molar-refractivity contribution in [3.63, 3.8) is 0 Å². The average Bonchev–Trinajstić information content (AvgIpc) is 2.64. The van der Waals surface area contributed by atoms with Gasteiger partial charge in [-0.2, -0.15) is 4.57 Å². The molecule has 0 unspecified atom stereocenters. The Morgan fingerprint density at radius 2 is 1.71 bits per heavy atom. The van der Waals surface area contributed by atoms with Crippen LogP contribution in [0.2, 0.25) is 0 Å². The van der Waals surface area contributed by atoms with E-state index in [0.717, 1.165) is 11.3 Å². The lowest BCUT2D eigenvalue weighted by molar-refractivity contribution is -0.595. The number of carbonyl (C=O) groups is 2. The summed E-state index contributed by atoms with van der Waals surface area (Å²) in [7, 11) is 0. The van der Waals surface area contributed by atoms with Gasteiger partial charge in [0.1, 0.15) is 0 Å². The van der Waals surface area contributed by atoms with Gasteiger partial charge in [0.2, 0.25) is 17.5 Å². The van der Waals surface area contributed by atoms with Crippen LogP contribution in [0.3, 0.4) is 0 Å². The second-order valence-electron chi connectivity index (χ2n) is 5.28. The molecular weight excluding hydrogens is 302 g/mol. The molecule has 124 valence electrons. The van der Waals surface area contributed by atoms with Crippen LogP contribution in [0.25, 0.3) is 5.69 Å². The molecule has 0 aliphatic heterocycles. The van der Waals surface area contributed by atoms with Crippen LogP contribution in [0.1, 0.15) is 18.9 Å². The molecule has 24 heavy (non-hydrogen) atoms. The molecule has 2 amide bonds. The molecule has 0 aliphatic rings. The summed E-state index contributed by atoms with van der Waals surface area (Å²) < 4.78 is 2.02. The molecule has 1 heterocycles. The number of nitrogens with zero attached hydrogens (tertiary/aromatic N) is 1. The number of aromatic nitrogens is 1. The van der Waals surface area contributed by atoms with Gasteiger partial charge < -0.3 is 10.6 Å². The van der Waals surface area contributed by atoms with Crippen molar-refractivity contribution >= 4 is 11.8 Å². The molecular formula is C19H22N3O2+. The van der Waals surface area contributed by atoms with Crippen molar-refractivity contribution in [3.05, 3.63) is 72.6 Å². The summed E-state index contributed by atoms with van der Waals surface area (Å²) in [6.45, 7) is 2.28. The van der Waals surface area contributed by atoms with Crippen molar-refractivity contribution in [1.82, 2.24) is 10.6 Å². The minimum atomic E-state index is -0.203. The molecule has 2 N–H and O–H groups in total. The van der Waals surface area contributed by atoms with Crippen LogP contribution in [0.15, 0.2) is 67.0 Å². The second kappa shape index (κ2) is 9.25. The van der Waals surface area contributed by atoms with Crippen molar-refractivity contribution < 1.29 is 14.2 Å². The lowest BCUT2D eigenvalue weighted by atomic mass is 10.2. The zero-order valence-electron chi connectivity index (χ0n) is 13.7. The highest BCUT2D eigenvalue weighted by Gasteiger charge is 2.06. The Balaban J connectivity index is 1.78. The summed E-state index contributed by atoms with van der Waals surface area (Å²) >= 11 is 0. The molecule has 0 saturated carbocycles. The summed E-state index contributed by atoms with van der Waals surface area (Å²) in [5.74, 6) is -0.363. The van der Waals surface area contributed by atoms with Crippen molar-refractivity contribution in [2.45, 2.75) is 19.9 Å². The molecule has 0 radical (unpaired) electrons. The van der Waals surface area contributed by atoms with E-state index in [2.05, 4.69) is 10.6 Å². The highest BCUT2D eigenvalue weighted by molar-refractivity contribution is 5.85. The topological polar surface area (TPSA) is 62.1 Å². The summed E-state index contributed by atoms with van der Waals surface area (Å²) in [6.07, 6.45) is 7.80. The number of carbonyl (C=O) groups excluding carboxylic acids is 2. The maximum atomic E-state index is 11.7. The number of allylic oxidation sites excluding steroid dienone is 1. The Morgan fingerprint density at radius 1 is 1.00 bits per heavy atom. The Labute approximate surface area is 142 Å². The van der Waals surface area contributed by atoms with Gasteiger partial charge >= 0.3 is 0 Å². The van der Waals surface area contributed by atoms with Crippen molar-refractivity contribution in [2.24, 2.45) is 0 Å². The van der Waals surface area contributed by atoms with Crippen molar-refractivity contribution in [1.29, 1.82) is 0 Å². The zero-order valence-corrected chi connectivity index (χ0v) is 13.7. The van der Waals surface area contributed by atoms with Crippen LogP contribution in [0, 0.1) is 0 Å². The average molecular weight is 324 g/mol. The first-order valence-corrected chi connectivity index (χ1v) is 7.89. The Bertz CT molecular complexity index is 694. The molecule has 0 atom stereocenters. The van der Waals surface area contributed by atoms with Gasteiger partial charge in [-0.1, -0.05) is 30.4 Å². The van der Waals surface area contributed by atoms with Crippen LogP contribution in [0.5, 0.6) is 0 Å². The van der Waals surface area contributed by atoms with Gasteiger partial charge in [0.25, 0.3) is 0 Å². The molecule has 0 spiro atoms. The maximum Gasteiger partial charge on any atom is 0.239 e. The summed E-state index contributed by atoms with van der Waals surface area (Å²) in [4.78, 5) is 23.1. The van der Waals surface area contributed by atoms with E-state index < -0.39 is 0 Å². The third-order valence-corrected chi connectivity index (χ3v) is 3.42. The maximum absolute atomic E-state index is 11.7. The van der Waals surface area contributed by atoms with Gasteiger partial charge in [-0.25, -0.2) is 0 Å². The molecule has 1 aromatic carbocycles. The first-order chi connectivity index (χ1) is 11.7. The van der Waals surface area contributed by atoms with Gasteiger partial charge in [-0.15, -0.1) is 0 Å². The van der Waals surface area contributed by atoms with E-state index in [4.69, 9.17) is 0 Å². The number of pyridine rings is 1. The molecule has 0 aliphatic carbocycles. The smallest absolute Gasteiger partial charge is 0.239 e. The van der Waals surface area contributed by atoms with Gasteiger partial charge in [0.15, 0.2) is 12.4 Å². The molecule has 0 bridgehead atoms. The largest absolute Gasteiger partial charge is 0.350 e. The number of rotatable bonds is 7. The van der Waals surface area contributed by atoms with E-state index in [9.17, 15) is 9.59 Å². The van der Waals surface area contributed by atoms with E-state index in [0.29, 0.717) is 13.0 Å². The zero-order chi connectivity index (χ0) is 17.2. The Hall–Kier alpha value is -2.95. The lowest BCUT2D eigenvalue weighted by Crippen LogP contribution is -2.36. The number of benzene rings is 1. The lowest BCUT2D eigenvalue weighted by Gasteiger charge is -2.06. The van der Waals surface area contributed by atoms with Crippen molar-refractivity contribution in [3.8, 4) is 5.69 Å². The number of nitrogens with one attached hydrogen (secondary N) is 2. The first-order valence-electron chi connectivity index (χ1n) is 7.89. The van der Waals surface area contributed by atoms with Crippen LogP contribution >= 0.6 is 0 Å². The fraction of sp³-hybridized carbons (Fsp3) is 0.211. The van der Waals surface area contributed by atoms with Gasteiger partial charge in [-0.3, -0.25) is 9.59 Å². The van der Waals surface area contributed by atoms with Crippen LogP contribution in [-0.4, -0.2) is 18.4 Å². The fourth-order valence-corrected chi connectivity index (χ4v) is 2.10. The summed E-state index contributed by atoms with van der Waals surface area (Å²) in [6, 6.07) is 13.9. The normalized spacial score (nSPS) is 10.5. The summed E-state index contributed by atoms with van der Waals surface area (Å²) in [5, 5.41) is 5.37. The standard InChI is InChI=1S/C19H21N3O2/c1-2-3-7-18(23)21-15-19(24)20-14-16-8-10-17(11-9-16)22-12-5-4-6-13-22/h2-6,8-13H,7,14-15H2,1H3,(H-,20,21,23,24)/p+1/b3-2+. The monoisotopic (exact) mass is 324 g/mol. The number of hydrogen-bond donors (Lipinski definition) is 2. The van der Waals surface area contributed by atoms with E-state index in [1.165, 1.54) is 0 Å². The molecule has 2 rings (SSSR count). The molecule has 5 heteroatoms. The van der Waals surface area contributed by atoms with Crippen LogP contribution < -0.4 is 15.2 Å². The van der Waals surface area contributed by atoms with Crippen molar-refractivity contribution in [2.75, 3.05) is 6.54 Å². The Morgan fingerprint density at radius 3 is 2.38 bits per heavy atom. The predicted molar refractivity (Wildman–Crippen MR) is 92.3 cm³/mol. The molecule has 0 fully saturated rings. The van der Waals surface area contributed by atoms with E-state index in [1.807, 2.05) is 66.3 Å². The van der Waals surface area contributed by atoms with Crippen LogP contribution in [-0.2, 0) is 16.1 Å². The van der Waals surface area contributed by atoms with Gasteiger partial charge in [0.05, 0.1) is 6.54 Å². The van der Waals surface area contributed by atoms with E-state index in [-0.39, 0.29) is 18.4 Å². The van der Waals surface area contributed by atoms with E-state index >= 15 is 0 Å². The quantitative estimate of drug-likeness (QED) is 0.601. The third kappa shape index (κ3) is 5.68. The predicted octanol–water partition coefficient (Wildman–Crippen LogP) is 1.66. The second-order valence-corrected chi connectivity index (χ2v) is 5.28. The Kier molecular flexibility index (Phi) is 6.71. The first kappa shape index (κ1) is 17.4. The SMILES string of the molecule is C/C=C/CC(=O)NCC(=O)NCc1ccc(-[n+]2ccccc2)cc1.